The zero-order valence-electron chi connectivity index (χ0n) is 25.0. The van der Waals surface area contributed by atoms with Crippen molar-refractivity contribution in [1.29, 1.82) is 0 Å². The number of anilines is 4. The summed E-state index contributed by atoms with van der Waals surface area (Å²) >= 11 is 0. The molecule has 1 saturated heterocycles. The number of nitrogens with one attached hydrogen (secondary N) is 2. The number of sulfonamides is 1. The van der Waals surface area contributed by atoms with Gasteiger partial charge < -0.3 is 5.32 Å². The van der Waals surface area contributed by atoms with Gasteiger partial charge in [-0.05, 0) is 63.6 Å². The van der Waals surface area contributed by atoms with Crippen LogP contribution in [0, 0.1) is 11.6 Å². The lowest BCUT2D eigenvalue weighted by Crippen LogP contribution is -2.51. The first kappa shape index (κ1) is 31.5. The van der Waals surface area contributed by atoms with Crippen molar-refractivity contribution in [2.45, 2.75) is 70.7 Å². The number of benzene rings is 2. The first-order valence-corrected chi connectivity index (χ1v) is 16.1. The van der Waals surface area contributed by atoms with Crippen LogP contribution >= 0.6 is 0 Å². The molecule has 0 bridgehead atoms. The average Bonchev–Trinajstić information content (AvgIpc) is 2.94. The number of nitrogens with zero attached hydrogens (tertiary/aromatic N) is 5. The van der Waals surface area contributed by atoms with Crippen LogP contribution in [0.4, 0.5) is 41.1 Å². The zero-order chi connectivity index (χ0) is 31.8. The molecule has 236 valence electrons. The second-order valence-electron chi connectivity index (χ2n) is 11.7. The number of likely N-dealkylation sites (tertiary alicyclic amines) is 1. The SMILES string of the molecule is CC(C)N1C[C@@H](F)C[C@H](Nc2ncc3c(n2)N(C(C)C)C(=O)N(c2ccc(NS(=O)(=O)Cc4ccc(F)cc4)c(F)c2)C3)C1. The Morgan fingerprint density at radius 3 is 2.41 bits per heavy atom. The number of aromatic nitrogens is 2. The minimum atomic E-state index is -4.00. The third kappa shape index (κ3) is 7.07. The summed E-state index contributed by atoms with van der Waals surface area (Å²) in [4.78, 5) is 27.7. The van der Waals surface area contributed by atoms with Crippen molar-refractivity contribution in [3.63, 3.8) is 0 Å². The molecule has 2 N–H and O–H groups in total. The number of piperidine rings is 1. The van der Waals surface area contributed by atoms with Gasteiger partial charge in [0.1, 0.15) is 23.6 Å². The van der Waals surface area contributed by atoms with Gasteiger partial charge in [-0.3, -0.25) is 19.4 Å². The number of hydrogen-bond acceptors (Lipinski definition) is 7. The maximum atomic E-state index is 15.2. The van der Waals surface area contributed by atoms with Crippen LogP contribution in [-0.4, -0.2) is 66.7 Å². The molecule has 14 heteroatoms. The molecule has 2 amide bonds. The Hall–Kier alpha value is -3.91. The molecule has 3 aromatic rings. The van der Waals surface area contributed by atoms with E-state index in [0.717, 1.165) is 18.2 Å². The standard InChI is InChI=1S/C30H36F3N7O3S/c1-18(2)38-15-23(32)11-24(16-38)35-29-34-13-21-14-39(30(41)40(19(3)4)28(21)36-29)25-9-10-27(26(33)12-25)37-44(42,43)17-20-5-7-22(31)8-6-20/h5-10,12-13,18-19,23-24,37H,11,14-17H2,1-4H3,(H,34,35,36)/t23-,24-/m0/s1. The minimum Gasteiger partial charge on any atom is -0.350 e. The van der Waals surface area contributed by atoms with Gasteiger partial charge >= 0.3 is 6.03 Å². The maximum Gasteiger partial charge on any atom is 0.330 e. The van der Waals surface area contributed by atoms with E-state index in [1.54, 1.807) is 6.20 Å². The fourth-order valence-electron chi connectivity index (χ4n) is 5.45. The van der Waals surface area contributed by atoms with Crippen LogP contribution < -0.4 is 19.8 Å². The second kappa shape index (κ2) is 12.6. The van der Waals surface area contributed by atoms with Gasteiger partial charge in [-0.2, -0.15) is 4.98 Å². The Morgan fingerprint density at radius 2 is 1.75 bits per heavy atom. The van der Waals surface area contributed by atoms with Crippen LogP contribution in [-0.2, 0) is 22.3 Å². The van der Waals surface area contributed by atoms with E-state index in [9.17, 15) is 22.0 Å². The molecule has 1 aromatic heterocycles. The van der Waals surface area contributed by atoms with Crippen LogP contribution in [0.5, 0.6) is 0 Å². The third-order valence-corrected chi connectivity index (χ3v) is 8.89. The van der Waals surface area contributed by atoms with E-state index in [1.807, 2.05) is 27.7 Å². The van der Waals surface area contributed by atoms with Gasteiger partial charge in [-0.25, -0.2) is 31.4 Å². The first-order valence-electron chi connectivity index (χ1n) is 14.5. The Kier molecular flexibility index (Phi) is 9.02. The van der Waals surface area contributed by atoms with E-state index >= 15 is 4.39 Å². The van der Waals surface area contributed by atoms with E-state index in [1.165, 1.54) is 34.1 Å². The molecule has 1 fully saturated rings. The molecule has 0 radical (unpaired) electrons. The average molecular weight is 632 g/mol. The molecule has 44 heavy (non-hydrogen) atoms. The lowest BCUT2D eigenvalue weighted by atomic mass is 10.0. The van der Waals surface area contributed by atoms with Crippen LogP contribution in [0.15, 0.2) is 48.7 Å². The number of carbonyl (C=O) groups is 1. The number of rotatable bonds is 9. The van der Waals surface area contributed by atoms with E-state index in [4.69, 9.17) is 0 Å². The van der Waals surface area contributed by atoms with Gasteiger partial charge in [-0.15, -0.1) is 0 Å². The highest BCUT2D eigenvalue weighted by molar-refractivity contribution is 7.91. The van der Waals surface area contributed by atoms with Crippen molar-refractivity contribution in [2.24, 2.45) is 0 Å². The molecule has 3 heterocycles. The predicted molar refractivity (Wildman–Crippen MR) is 164 cm³/mol. The first-order chi connectivity index (χ1) is 20.8. The van der Waals surface area contributed by atoms with Crippen LogP contribution in [0.3, 0.4) is 0 Å². The molecular formula is C30H36F3N7O3S. The molecule has 0 unspecified atom stereocenters. The van der Waals surface area contributed by atoms with Gasteiger partial charge in [0.2, 0.25) is 16.0 Å². The van der Waals surface area contributed by atoms with Crippen molar-refractivity contribution in [3.8, 4) is 0 Å². The lowest BCUT2D eigenvalue weighted by Gasteiger charge is -2.39. The second-order valence-corrected chi connectivity index (χ2v) is 13.5. The van der Waals surface area contributed by atoms with E-state index in [0.29, 0.717) is 42.4 Å². The Bertz CT molecular complexity index is 1620. The summed E-state index contributed by atoms with van der Waals surface area (Å²) in [6, 6.07) is 8.02. The number of halogens is 3. The number of carbonyl (C=O) groups excluding carboxylic acids is 1. The van der Waals surface area contributed by atoms with Gasteiger partial charge in [0.05, 0.1) is 18.0 Å². The molecule has 0 saturated carbocycles. The minimum absolute atomic E-state index is 0.0594. The van der Waals surface area contributed by atoms with E-state index in [2.05, 4.69) is 24.9 Å². The van der Waals surface area contributed by atoms with Crippen LogP contribution in [0.1, 0.15) is 45.2 Å². The topological polar surface area (TPSA) is 111 Å². The van der Waals surface area contributed by atoms with Crippen LogP contribution in [0.2, 0.25) is 0 Å². The van der Waals surface area contributed by atoms with Gasteiger partial charge in [0.25, 0.3) is 0 Å². The lowest BCUT2D eigenvalue weighted by molar-refractivity contribution is 0.103. The number of hydrogen-bond donors (Lipinski definition) is 2. The van der Waals surface area contributed by atoms with Crippen molar-refractivity contribution in [2.75, 3.05) is 32.9 Å². The molecule has 10 nitrogen and oxygen atoms in total. The largest absolute Gasteiger partial charge is 0.350 e. The molecule has 0 spiro atoms. The molecule has 2 aliphatic rings. The molecule has 2 atom stereocenters. The number of fused-ring (bicyclic) bond motifs is 1. The summed E-state index contributed by atoms with van der Waals surface area (Å²) in [7, 11) is -4.00. The molecule has 2 aliphatic heterocycles. The van der Waals surface area contributed by atoms with Gasteiger partial charge in [0.15, 0.2) is 0 Å². The number of urea groups is 1. The summed E-state index contributed by atoms with van der Waals surface area (Å²) < 4.78 is 70.3. The van der Waals surface area contributed by atoms with Crippen molar-refractivity contribution in [1.82, 2.24) is 14.9 Å². The number of alkyl halides is 1. The summed E-state index contributed by atoms with van der Waals surface area (Å²) in [5, 5.41) is 3.24. The highest BCUT2D eigenvalue weighted by atomic mass is 32.2. The molecule has 0 aliphatic carbocycles. The maximum absolute atomic E-state index is 15.2. The van der Waals surface area contributed by atoms with Crippen molar-refractivity contribution in [3.05, 3.63) is 71.4 Å². The Morgan fingerprint density at radius 1 is 1.02 bits per heavy atom. The predicted octanol–water partition coefficient (Wildman–Crippen LogP) is 5.28. The summed E-state index contributed by atoms with van der Waals surface area (Å²) in [6.07, 6.45) is 0.957. The molecular weight excluding hydrogens is 595 g/mol. The number of amides is 2. The normalized spacial score (nSPS) is 19.4. The van der Waals surface area contributed by atoms with Crippen molar-refractivity contribution >= 4 is 39.2 Å². The van der Waals surface area contributed by atoms with Crippen LogP contribution in [0.25, 0.3) is 0 Å². The Labute approximate surface area is 255 Å². The van der Waals surface area contributed by atoms with Gasteiger partial charge in [0, 0.05) is 55.1 Å². The Balaban J connectivity index is 1.34. The fourth-order valence-corrected chi connectivity index (χ4v) is 6.65. The quantitative estimate of drug-likeness (QED) is 0.331. The smallest absolute Gasteiger partial charge is 0.330 e. The fraction of sp³-hybridized carbons (Fsp3) is 0.433. The van der Waals surface area contributed by atoms with Crippen molar-refractivity contribution < 1.29 is 26.4 Å². The highest BCUT2D eigenvalue weighted by Gasteiger charge is 2.36. The zero-order valence-corrected chi connectivity index (χ0v) is 25.8. The highest BCUT2D eigenvalue weighted by Crippen LogP contribution is 2.34. The summed E-state index contributed by atoms with van der Waals surface area (Å²) in [5.41, 5.74) is 0.905. The molecule has 5 rings (SSSR count). The third-order valence-electron chi connectivity index (χ3n) is 7.64. The van der Waals surface area contributed by atoms with Gasteiger partial charge in [-0.1, -0.05) is 12.1 Å². The molecule has 2 aromatic carbocycles. The monoisotopic (exact) mass is 631 g/mol. The summed E-state index contributed by atoms with van der Waals surface area (Å²) in [6.45, 7) is 8.79. The van der Waals surface area contributed by atoms with E-state index < -0.39 is 39.6 Å². The van der Waals surface area contributed by atoms with E-state index in [-0.39, 0.29) is 36.0 Å². The summed E-state index contributed by atoms with van der Waals surface area (Å²) in [5.74, 6) is -1.13.